The van der Waals surface area contributed by atoms with E-state index in [9.17, 15) is 0 Å². The lowest BCUT2D eigenvalue weighted by Gasteiger charge is -2.21. The van der Waals surface area contributed by atoms with Gasteiger partial charge in [-0.15, -0.1) is 0 Å². The molecule has 1 aromatic rings. The summed E-state index contributed by atoms with van der Waals surface area (Å²) < 4.78 is 5.36. The highest BCUT2D eigenvalue weighted by Crippen LogP contribution is 2.21. The Balaban J connectivity index is 2.84. The Bertz CT molecular complexity index is 393. The molecule has 0 atom stereocenters. The van der Waals surface area contributed by atoms with E-state index in [0.717, 1.165) is 18.8 Å². The van der Waals surface area contributed by atoms with Gasteiger partial charge in [0.1, 0.15) is 5.75 Å². The first-order chi connectivity index (χ1) is 8.06. The van der Waals surface area contributed by atoms with Gasteiger partial charge in [-0.3, -0.25) is 4.90 Å². The zero-order valence-electron chi connectivity index (χ0n) is 10.7. The number of nitrogens with two attached hydrogens (primary N) is 1. The van der Waals surface area contributed by atoms with Crippen LogP contribution in [0.15, 0.2) is 18.2 Å². The number of rotatable bonds is 6. The molecule has 0 aliphatic carbocycles. The summed E-state index contributed by atoms with van der Waals surface area (Å²) in [6.45, 7) is 6.53. The maximum Gasteiger partial charge on any atom is 0.123 e. The monoisotopic (exact) mass is 252 g/mol. The number of methoxy groups -OCH3 is 1. The predicted octanol–water partition coefficient (Wildman–Crippen LogP) is 2.11. The number of ether oxygens (including phenoxy) is 1. The van der Waals surface area contributed by atoms with Gasteiger partial charge >= 0.3 is 0 Å². The van der Waals surface area contributed by atoms with Gasteiger partial charge in [-0.2, -0.15) is 0 Å². The van der Waals surface area contributed by atoms with Gasteiger partial charge in [0.25, 0.3) is 0 Å². The van der Waals surface area contributed by atoms with Crippen LogP contribution in [0.25, 0.3) is 0 Å². The largest absolute Gasteiger partial charge is 0.496 e. The van der Waals surface area contributed by atoms with E-state index < -0.39 is 0 Å². The average Bonchev–Trinajstić information content (AvgIpc) is 2.28. The summed E-state index contributed by atoms with van der Waals surface area (Å²) in [5.41, 5.74) is 7.98. The second-order valence-corrected chi connectivity index (χ2v) is 4.61. The van der Waals surface area contributed by atoms with Crippen LogP contribution in [0, 0.1) is 6.92 Å². The van der Waals surface area contributed by atoms with Crippen LogP contribution < -0.4 is 10.5 Å². The maximum absolute atomic E-state index is 5.58. The third kappa shape index (κ3) is 4.32. The second kappa shape index (κ2) is 6.57. The number of benzene rings is 1. The van der Waals surface area contributed by atoms with Crippen molar-refractivity contribution in [1.82, 2.24) is 4.90 Å². The van der Waals surface area contributed by atoms with Crippen LogP contribution >= 0.6 is 12.2 Å². The third-order valence-corrected chi connectivity index (χ3v) is 2.79. The lowest BCUT2D eigenvalue weighted by atomic mass is 10.1. The summed E-state index contributed by atoms with van der Waals surface area (Å²) in [4.78, 5) is 2.72. The average molecular weight is 252 g/mol. The van der Waals surface area contributed by atoms with Gasteiger partial charge < -0.3 is 10.5 Å². The zero-order valence-corrected chi connectivity index (χ0v) is 11.5. The molecule has 1 aromatic carbocycles. The molecule has 2 N–H and O–H groups in total. The fraction of sp³-hybridized carbons (Fsp3) is 0.462. The topological polar surface area (TPSA) is 38.5 Å². The molecule has 1 rings (SSSR count). The first-order valence-electron chi connectivity index (χ1n) is 5.71. The van der Waals surface area contributed by atoms with E-state index in [-0.39, 0.29) is 0 Å². The van der Waals surface area contributed by atoms with Crippen molar-refractivity contribution in [3.8, 4) is 5.75 Å². The Kier molecular flexibility index (Phi) is 5.38. The summed E-state index contributed by atoms with van der Waals surface area (Å²) in [5, 5.41) is 0. The van der Waals surface area contributed by atoms with Crippen molar-refractivity contribution in [3.05, 3.63) is 29.3 Å². The molecule has 3 nitrogen and oxygen atoms in total. The molecule has 0 saturated carbocycles. The lowest BCUT2D eigenvalue weighted by molar-refractivity contribution is 0.312. The quantitative estimate of drug-likeness (QED) is 0.787. The van der Waals surface area contributed by atoms with Crippen molar-refractivity contribution in [2.45, 2.75) is 20.4 Å². The van der Waals surface area contributed by atoms with Crippen LogP contribution in [0.1, 0.15) is 18.1 Å². The fourth-order valence-corrected chi connectivity index (χ4v) is 1.95. The van der Waals surface area contributed by atoms with Gasteiger partial charge in [0.2, 0.25) is 0 Å². The molecule has 0 aliphatic heterocycles. The molecule has 0 fully saturated rings. The number of nitrogens with zero attached hydrogens (tertiary/aromatic N) is 1. The van der Waals surface area contributed by atoms with Crippen LogP contribution in [-0.4, -0.2) is 30.1 Å². The SMILES string of the molecule is CCN(CC(N)=S)Cc1cc(C)ccc1OC. The molecule has 0 bridgehead atoms. The molecule has 4 heteroatoms. The van der Waals surface area contributed by atoms with Gasteiger partial charge in [-0.25, -0.2) is 0 Å². The number of thiocarbonyl (C=S) groups is 1. The van der Waals surface area contributed by atoms with Crippen molar-refractivity contribution in [3.63, 3.8) is 0 Å². The van der Waals surface area contributed by atoms with Gasteiger partial charge in [0.15, 0.2) is 0 Å². The van der Waals surface area contributed by atoms with E-state index in [1.54, 1.807) is 7.11 Å². The summed E-state index contributed by atoms with van der Waals surface area (Å²) in [6.07, 6.45) is 0. The molecule has 0 amide bonds. The fourth-order valence-electron chi connectivity index (χ4n) is 1.77. The minimum Gasteiger partial charge on any atom is -0.496 e. The number of hydrogen-bond acceptors (Lipinski definition) is 3. The Morgan fingerprint density at radius 2 is 2.18 bits per heavy atom. The van der Waals surface area contributed by atoms with E-state index in [1.807, 2.05) is 12.1 Å². The zero-order chi connectivity index (χ0) is 12.8. The summed E-state index contributed by atoms with van der Waals surface area (Å²) >= 11 is 4.95. The summed E-state index contributed by atoms with van der Waals surface area (Å²) in [6, 6.07) is 6.19. The Hall–Kier alpha value is -1.13. The van der Waals surface area contributed by atoms with Crippen molar-refractivity contribution in [2.24, 2.45) is 5.73 Å². The molecule has 0 unspecified atom stereocenters. The molecule has 0 heterocycles. The molecule has 0 aliphatic rings. The van der Waals surface area contributed by atoms with Gasteiger partial charge in [-0.1, -0.05) is 36.8 Å². The molecule has 0 saturated heterocycles. The number of likely N-dealkylation sites (N-methyl/N-ethyl adjacent to an activating group) is 1. The van der Waals surface area contributed by atoms with E-state index in [0.29, 0.717) is 11.5 Å². The lowest BCUT2D eigenvalue weighted by Crippen LogP contribution is -2.32. The van der Waals surface area contributed by atoms with E-state index >= 15 is 0 Å². The minimum absolute atomic E-state index is 0.526. The van der Waals surface area contributed by atoms with Crippen LogP contribution in [-0.2, 0) is 6.54 Å². The Morgan fingerprint density at radius 3 is 2.71 bits per heavy atom. The highest BCUT2D eigenvalue weighted by atomic mass is 32.1. The van der Waals surface area contributed by atoms with Crippen LogP contribution in [0.4, 0.5) is 0 Å². The van der Waals surface area contributed by atoms with Gasteiger partial charge in [0.05, 0.1) is 12.1 Å². The first-order valence-corrected chi connectivity index (χ1v) is 6.11. The molecule has 17 heavy (non-hydrogen) atoms. The van der Waals surface area contributed by atoms with Crippen molar-refractivity contribution >= 4 is 17.2 Å². The maximum atomic E-state index is 5.58. The molecular weight excluding hydrogens is 232 g/mol. The standard InChI is InChI=1S/C13H20N2OS/c1-4-15(9-13(14)17)8-11-7-10(2)5-6-12(11)16-3/h5-7H,4,8-9H2,1-3H3,(H2,14,17). The molecule has 0 aromatic heterocycles. The third-order valence-electron chi connectivity index (χ3n) is 2.66. The first kappa shape index (κ1) is 13.9. The van der Waals surface area contributed by atoms with E-state index in [4.69, 9.17) is 22.7 Å². The molecular formula is C13H20N2OS. The predicted molar refractivity (Wildman–Crippen MR) is 75.5 cm³/mol. The highest BCUT2D eigenvalue weighted by molar-refractivity contribution is 7.80. The number of aryl methyl sites for hydroxylation is 1. The molecule has 0 spiro atoms. The van der Waals surface area contributed by atoms with Gasteiger partial charge in [-0.05, 0) is 19.5 Å². The van der Waals surface area contributed by atoms with Gasteiger partial charge in [0, 0.05) is 18.7 Å². The molecule has 94 valence electrons. The van der Waals surface area contributed by atoms with E-state index in [2.05, 4.69) is 24.8 Å². The van der Waals surface area contributed by atoms with Crippen LogP contribution in [0.5, 0.6) is 5.75 Å². The second-order valence-electron chi connectivity index (χ2n) is 4.08. The Labute approximate surface area is 109 Å². The smallest absolute Gasteiger partial charge is 0.123 e. The van der Waals surface area contributed by atoms with Crippen molar-refractivity contribution in [2.75, 3.05) is 20.2 Å². The Morgan fingerprint density at radius 1 is 1.47 bits per heavy atom. The van der Waals surface area contributed by atoms with Crippen molar-refractivity contribution < 1.29 is 4.74 Å². The van der Waals surface area contributed by atoms with Crippen molar-refractivity contribution in [1.29, 1.82) is 0 Å². The van der Waals surface area contributed by atoms with Crippen LogP contribution in [0.2, 0.25) is 0 Å². The van der Waals surface area contributed by atoms with Crippen LogP contribution in [0.3, 0.4) is 0 Å². The summed E-state index contributed by atoms with van der Waals surface area (Å²) in [5.74, 6) is 0.914. The minimum atomic E-state index is 0.526. The normalized spacial score (nSPS) is 10.6. The summed E-state index contributed by atoms with van der Waals surface area (Å²) in [7, 11) is 1.69. The van der Waals surface area contributed by atoms with E-state index in [1.165, 1.54) is 11.1 Å². The number of hydrogen-bond donors (Lipinski definition) is 1. The highest BCUT2D eigenvalue weighted by Gasteiger charge is 2.09. The molecule has 0 radical (unpaired) electrons.